The van der Waals surface area contributed by atoms with Crippen molar-refractivity contribution in [1.29, 1.82) is 0 Å². The smallest absolute Gasteiger partial charge is 0.0648 e. The zero-order chi connectivity index (χ0) is 11.6. The van der Waals surface area contributed by atoms with Gasteiger partial charge in [-0.3, -0.25) is 0 Å². The van der Waals surface area contributed by atoms with Crippen LogP contribution in [0.2, 0.25) is 0 Å². The van der Waals surface area contributed by atoms with E-state index in [1.54, 1.807) is 0 Å². The predicted octanol–water partition coefficient (Wildman–Crippen LogP) is 3.09. The minimum absolute atomic E-state index is 0.754. The molecule has 0 aromatic carbocycles. The van der Waals surface area contributed by atoms with Crippen LogP contribution < -0.4 is 0 Å². The number of hydrogen-bond donors (Lipinski definition) is 0. The van der Waals surface area contributed by atoms with Crippen LogP contribution in [-0.2, 0) is 4.74 Å². The van der Waals surface area contributed by atoms with Crippen LogP contribution in [0.15, 0.2) is 12.2 Å². The van der Waals surface area contributed by atoms with Crippen molar-refractivity contribution in [3.63, 3.8) is 0 Å². The molecule has 16 heavy (non-hydrogen) atoms. The number of allylic oxidation sites excluding steroid dienone is 1. The van der Waals surface area contributed by atoms with Gasteiger partial charge in [-0.05, 0) is 38.3 Å². The van der Waals surface area contributed by atoms with E-state index in [-0.39, 0.29) is 0 Å². The molecule has 1 aliphatic rings. The zero-order valence-corrected chi connectivity index (χ0v) is 11.0. The Balaban J connectivity index is 1.89. The van der Waals surface area contributed by atoms with E-state index in [4.69, 9.17) is 4.74 Å². The van der Waals surface area contributed by atoms with Crippen LogP contribution in [0.25, 0.3) is 0 Å². The summed E-state index contributed by atoms with van der Waals surface area (Å²) in [5.74, 6) is 0.754. The molecule has 2 nitrogen and oxygen atoms in total. The molecule has 1 saturated heterocycles. The lowest BCUT2D eigenvalue weighted by Gasteiger charge is -2.25. The molecular weight excluding hydrogens is 198 g/mol. The number of ether oxygens (including phenoxy) is 1. The first-order valence-electron chi connectivity index (χ1n) is 6.74. The molecule has 94 valence electrons. The van der Waals surface area contributed by atoms with Crippen LogP contribution in [0.1, 0.15) is 39.5 Å². The van der Waals surface area contributed by atoms with E-state index < -0.39 is 0 Å². The normalized spacial score (nSPS) is 18.7. The maximum Gasteiger partial charge on any atom is 0.0648 e. The third-order valence-electron chi connectivity index (χ3n) is 2.99. The lowest BCUT2D eigenvalue weighted by Crippen LogP contribution is -2.32. The SMILES string of the molecule is CC(C)C/C=C/COCCN1CCCCC1. The van der Waals surface area contributed by atoms with Gasteiger partial charge in [0.25, 0.3) is 0 Å². The average molecular weight is 225 g/mol. The first-order chi connectivity index (χ1) is 7.79. The summed E-state index contributed by atoms with van der Waals surface area (Å²) in [7, 11) is 0. The summed E-state index contributed by atoms with van der Waals surface area (Å²) < 4.78 is 5.59. The van der Waals surface area contributed by atoms with E-state index in [0.717, 1.165) is 32.1 Å². The van der Waals surface area contributed by atoms with Crippen LogP contribution in [0.5, 0.6) is 0 Å². The maximum atomic E-state index is 5.59. The third-order valence-corrected chi connectivity index (χ3v) is 2.99. The number of nitrogens with zero attached hydrogens (tertiary/aromatic N) is 1. The molecular formula is C14H27NO. The van der Waals surface area contributed by atoms with Gasteiger partial charge < -0.3 is 9.64 Å². The van der Waals surface area contributed by atoms with Crippen molar-refractivity contribution < 1.29 is 4.74 Å². The molecule has 0 amide bonds. The molecule has 0 bridgehead atoms. The Labute approximate surface area is 101 Å². The van der Waals surface area contributed by atoms with Crippen molar-refractivity contribution in [2.24, 2.45) is 5.92 Å². The summed E-state index contributed by atoms with van der Waals surface area (Å²) in [5.41, 5.74) is 0. The average Bonchev–Trinajstić information content (AvgIpc) is 2.29. The van der Waals surface area contributed by atoms with Crippen molar-refractivity contribution in [2.45, 2.75) is 39.5 Å². The molecule has 0 aromatic rings. The molecule has 0 unspecified atom stereocenters. The van der Waals surface area contributed by atoms with Gasteiger partial charge in [0.15, 0.2) is 0 Å². The highest BCUT2D eigenvalue weighted by Gasteiger charge is 2.08. The summed E-state index contributed by atoms with van der Waals surface area (Å²) in [6, 6.07) is 0. The molecule has 1 heterocycles. The molecule has 0 atom stereocenters. The van der Waals surface area contributed by atoms with Crippen molar-refractivity contribution in [3.05, 3.63) is 12.2 Å². The molecule has 1 fully saturated rings. The van der Waals surface area contributed by atoms with Crippen molar-refractivity contribution >= 4 is 0 Å². The largest absolute Gasteiger partial charge is 0.376 e. The van der Waals surface area contributed by atoms with E-state index in [9.17, 15) is 0 Å². The summed E-state index contributed by atoms with van der Waals surface area (Å²) in [6.45, 7) is 9.78. The van der Waals surface area contributed by atoms with Gasteiger partial charge in [-0.2, -0.15) is 0 Å². The Morgan fingerprint density at radius 2 is 1.88 bits per heavy atom. The van der Waals surface area contributed by atoms with Crippen molar-refractivity contribution in [2.75, 3.05) is 32.8 Å². The third kappa shape index (κ3) is 7.02. The fraction of sp³-hybridized carbons (Fsp3) is 0.857. The number of piperidine rings is 1. The van der Waals surface area contributed by atoms with Crippen molar-refractivity contribution in [1.82, 2.24) is 4.90 Å². The Bertz CT molecular complexity index is 183. The Morgan fingerprint density at radius 1 is 1.12 bits per heavy atom. The Hall–Kier alpha value is -0.340. The highest BCUT2D eigenvalue weighted by atomic mass is 16.5. The molecule has 0 aromatic heterocycles. The van der Waals surface area contributed by atoms with Gasteiger partial charge in [0.1, 0.15) is 0 Å². The molecule has 1 aliphatic heterocycles. The second-order valence-electron chi connectivity index (χ2n) is 5.08. The van der Waals surface area contributed by atoms with Gasteiger partial charge in [-0.15, -0.1) is 0 Å². The van der Waals surface area contributed by atoms with Gasteiger partial charge in [-0.1, -0.05) is 32.4 Å². The fourth-order valence-corrected chi connectivity index (χ4v) is 1.96. The maximum absolute atomic E-state index is 5.59. The van der Waals surface area contributed by atoms with E-state index in [1.807, 2.05) is 0 Å². The quantitative estimate of drug-likeness (QED) is 0.487. The lowest BCUT2D eigenvalue weighted by molar-refractivity contribution is 0.114. The second-order valence-corrected chi connectivity index (χ2v) is 5.08. The molecule has 2 heteroatoms. The number of rotatable bonds is 7. The predicted molar refractivity (Wildman–Crippen MR) is 69.7 cm³/mol. The van der Waals surface area contributed by atoms with Crippen LogP contribution in [0, 0.1) is 5.92 Å². The van der Waals surface area contributed by atoms with E-state index >= 15 is 0 Å². The summed E-state index contributed by atoms with van der Waals surface area (Å²) in [5, 5.41) is 0. The molecule has 0 N–H and O–H groups in total. The molecule has 0 aliphatic carbocycles. The summed E-state index contributed by atoms with van der Waals surface area (Å²) in [4.78, 5) is 2.52. The second kappa shape index (κ2) is 8.77. The molecule has 1 rings (SSSR count). The molecule has 0 spiro atoms. The highest BCUT2D eigenvalue weighted by Crippen LogP contribution is 2.07. The minimum Gasteiger partial charge on any atom is -0.376 e. The number of likely N-dealkylation sites (tertiary alicyclic amines) is 1. The Kier molecular flexibility index (Phi) is 7.52. The van der Waals surface area contributed by atoms with Gasteiger partial charge in [0.05, 0.1) is 13.2 Å². The van der Waals surface area contributed by atoms with Gasteiger partial charge >= 0.3 is 0 Å². The Morgan fingerprint density at radius 3 is 2.56 bits per heavy atom. The molecule has 0 saturated carbocycles. The van der Waals surface area contributed by atoms with Crippen LogP contribution >= 0.6 is 0 Å². The zero-order valence-electron chi connectivity index (χ0n) is 11.0. The van der Waals surface area contributed by atoms with Gasteiger partial charge in [-0.25, -0.2) is 0 Å². The van der Waals surface area contributed by atoms with Crippen LogP contribution in [0.4, 0.5) is 0 Å². The van der Waals surface area contributed by atoms with Gasteiger partial charge in [0.2, 0.25) is 0 Å². The van der Waals surface area contributed by atoms with Crippen LogP contribution in [0.3, 0.4) is 0 Å². The standard InChI is InChI=1S/C14H27NO/c1-14(2)8-4-7-12-16-13-11-15-9-5-3-6-10-15/h4,7,14H,3,5-6,8-13H2,1-2H3/b7-4+. The first-order valence-corrected chi connectivity index (χ1v) is 6.74. The first kappa shape index (κ1) is 13.7. The fourth-order valence-electron chi connectivity index (χ4n) is 1.96. The summed E-state index contributed by atoms with van der Waals surface area (Å²) in [6.07, 6.45) is 9.69. The van der Waals surface area contributed by atoms with Crippen molar-refractivity contribution in [3.8, 4) is 0 Å². The van der Waals surface area contributed by atoms with Gasteiger partial charge in [0, 0.05) is 6.54 Å². The van der Waals surface area contributed by atoms with E-state index in [0.29, 0.717) is 0 Å². The summed E-state index contributed by atoms with van der Waals surface area (Å²) >= 11 is 0. The van der Waals surface area contributed by atoms with E-state index in [2.05, 4.69) is 30.9 Å². The lowest BCUT2D eigenvalue weighted by atomic mass is 10.1. The molecule has 0 radical (unpaired) electrons. The number of hydrogen-bond acceptors (Lipinski definition) is 2. The topological polar surface area (TPSA) is 12.5 Å². The minimum atomic E-state index is 0.754. The van der Waals surface area contributed by atoms with Crippen LogP contribution in [-0.4, -0.2) is 37.7 Å². The van der Waals surface area contributed by atoms with E-state index in [1.165, 1.54) is 32.4 Å². The monoisotopic (exact) mass is 225 g/mol. The highest BCUT2D eigenvalue weighted by molar-refractivity contribution is 4.82.